The molecule has 0 unspecified atom stereocenters. The maximum atomic E-state index is 5.44. The molecule has 0 amide bonds. The molecule has 0 aliphatic carbocycles. The Balaban J connectivity index is 0.000000200. The van der Waals surface area contributed by atoms with Crippen LogP contribution in [0.3, 0.4) is 0 Å². The topological polar surface area (TPSA) is 73.7 Å². The SMILES string of the molecule is C=C(C)Nc1cc(C)nn1C.Cc1cc(N)n(C)n1. The molecule has 0 aromatic carbocycles. The van der Waals surface area contributed by atoms with Crippen molar-refractivity contribution in [2.24, 2.45) is 14.1 Å². The number of anilines is 2. The number of nitrogens with zero attached hydrogens (tertiary/aromatic N) is 4. The number of aromatic nitrogens is 4. The van der Waals surface area contributed by atoms with Crippen molar-refractivity contribution >= 4 is 11.6 Å². The second kappa shape index (κ2) is 6.08. The number of hydrogen-bond acceptors (Lipinski definition) is 4. The fraction of sp³-hybridized carbons (Fsp3) is 0.385. The van der Waals surface area contributed by atoms with Gasteiger partial charge in [-0.2, -0.15) is 10.2 Å². The summed E-state index contributed by atoms with van der Waals surface area (Å²) < 4.78 is 3.44. The van der Waals surface area contributed by atoms with E-state index in [9.17, 15) is 0 Å². The van der Waals surface area contributed by atoms with Crippen molar-refractivity contribution in [1.82, 2.24) is 19.6 Å². The van der Waals surface area contributed by atoms with Crippen LogP contribution in [0.25, 0.3) is 0 Å². The number of aryl methyl sites for hydroxylation is 4. The molecule has 2 aromatic rings. The predicted octanol–water partition coefficient (Wildman–Crippen LogP) is 1.98. The van der Waals surface area contributed by atoms with Crippen LogP contribution in [-0.4, -0.2) is 19.6 Å². The molecule has 0 radical (unpaired) electrons. The molecule has 0 aliphatic rings. The van der Waals surface area contributed by atoms with Gasteiger partial charge in [0.05, 0.1) is 11.4 Å². The molecule has 0 bridgehead atoms. The molecule has 0 fully saturated rings. The van der Waals surface area contributed by atoms with Gasteiger partial charge in [-0.3, -0.25) is 9.36 Å². The number of nitrogens with one attached hydrogen (secondary N) is 1. The lowest BCUT2D eigenvalue weighted by Gasteiger charge is -2.03. The van der Waals surface area contributed by atoms with Gasteiger partial charge in [0.1, 0.15) is 11.6 Å². The van der Waals surface area contributed by atoms with E-state index in [1.165, 1.54) is 0 Å². The van der Waals surface area contributed by atoms with E-state index in [2.05, 4.69) is 22.1 Å². The molecule has 2 aromatic heterocycles. The van der Waals surface area contributed by atoms with E-state index < -0.39 is 0 Å². The molecule has 0 aliphatic heterocycles. The molecule has 0 saturated heterocycles. The van der Waals surface area contributed by atoms with Crippen LogP contribution in [0.1, 0.15) is 18.3 Å². The zero-order valence-electron chi connectivity index (χ0n) is 12.2. The summed E-state index contributed by atoms with van der Waals surface area (Å²) >= 11 is 0. The zero-order chi connectivity index (χ0) is 14.6. The lowest BCUT2D eigenvalue weighted by atomic mass is 10.4. The van der Waals surface area contributed by atoms with Gasteiger partial charge in [-0.25, -0.2) is 0 Å². The van der Waals surface area contributed by atoms with Crippen molar-refractivity contribution in [3.8, 4) is 0 Å². The summed E-state index contributed by atoms with van der Waals surface area (Å²) in [5.41, 5.74) is 8.34. The van der Waals surface area contributed by atoms with E-state index in [0.717, 1.165) is 22.9 Å². The molecule has 0 saturated carbocycles. The fourth-order valence-electron chi connectivity index (χ4n) is 1.58. The first-order chi connectivity index (χ1) is 8.79. The standard InChI is InChI=1S/C8H13N3.C5H9N3/c1-6(2)9-8-5-7(3)10-11(8)4;1-4-3-5(6)8(2)7-4/h5,9H,1H2,2-4H3;3H,6H2,1-2H3. The zero-order valence-corrected chi connectivity index (χ0v) is 12.2. The minimum Gasteiger partial charge on any atom is -0.384 e. The fourth-order valence-corrected chi connectivity index (χ4v) is 1.58. The highest BCUT2D eigenvalue weighted by Crippen LogP contribution is 2.09. The molecule has 6 heteroatoms. The Labute approximate surface area is 113 Å². The van der Waals surface area contributed by atoms with E-state index in [0.29, 0.717) is 5.82 Å². The highest BCUT2D eigenvalue weighted by Gasteiger charge is 1.99. The minimum absolute atomic E-state index is 0.711. The Hall–Kier alpha value is -2.24. The summed E-state index contributed by atoms with van der Waals surface area (Å²) in [5, 5.41) is 11.3. The van der Waals surface area contributed by atoms with Crippen LogP contribution in [0.2, 0.25) is 0 Å². The normalized spacial score (nSPS) is 9.74. The predicted molar refractivity (Wildman–Crippen MR) is 78.7 cm³/mol. The van der Waals surface area contributed by atoms with Crippen molar-refractivity contribution in [2.45, 2.75) is 20.8 Å². The van der Waals surface area contributed by atoms with Crippen LogP contribution in [0.4, 0.5) is 11.6 Å². The van der Waals surface area contributed by atoms with Gasteiger partial charge in [0.2, 0.25) is 0 Å². The van der Waals surface area contributed by atoms with Gasteiger partial charge >= 0.3 is 0 Å². The first-order valence-electron chi connectivity index (χ1n) is 5.99. The average molecular weight is 262 g/mol. The molecular weight excluding hydrogens is 240 g/mol. The van der Waals surface area contributed by atoms with Crippen LogP contribution < -0.4 is 11.1 Å². The van der Waals surface area contributed by atoms with E-state index in [4.69, 9.17) is 5.73 Å². The van der Waals surface area contributed by atoms with Gasteiger partial charge in [-0.1, -0.05) is 6.58 Å². The maximum absolute atomic E-state index is 5.44. The highest BCUT2D eigenvalue weighted by molar-refractivity contribution is 5.41. The summed E-state index contributed by atoms with van der Waals surface area (Å²) in [4.78, 5) is 0. The number of allylic oxidation sites excluding steroid dienone is 1. The smallest absolute Gasteiger partial charge is 0.128 e. The monoisotopic (exact) mass is 262 g/mol. The second-order valence-electron chi connectivity index (χ2n) is 4.53. The number of nitrogens with two attached hydrogens (primary N) is 1. The molecule has 0 spiro atoms. The van der Waals surface area contributed by atoms with Crippen molar-refractivity contribution in [2.75, 3.05) is 11.1 Å². The van der Waals surface area contributed by atoms with E-state index in [-0.39, 0.29) is 0 Å². The minimum atomic E-state index is 0.711. The van der Waals surface area contributed by atoms with Gasteiger partial charge < -0.3 is 11.1 Å². The van der Waals surface area contributed by atoms with Crippen LogP contribution in [0.15, 0.2) is 24.4 Å². The van der Waals surface area contributed by atoms with Crippen LogP contribution in [-0.2, 0) is 14.1 Å². The third kappa shape index (κ3) is 4.50. The summed E-state index contributed by atoms with van der Waals surface area (Å²) in [6.45, 7) is 9.54. The number of hydrogen-bond donors (Lipinski definition) is 2. The average Bonchev–Trinajstić information content (AvgIpc) is 2.70. The Morgan fingerprint density at radius 2 is 1.68 bits per heavy atom. The third-order valence-electron chi connectivity index (χ3n) is 2.38. The number of rotatable bonds is 2. The lowest BCUT2D eigenvalue weighted by molar-refractivity contribution is 0.763. The largest absolute Gasteiger partial charge is 0.384 e. The second-order valence-corrected chi connectivity index (χ2v) is 4.53. The molecule has 2 rings (SSSR count). The van der Waals surface area contributed by atoms with Crippen molar-refractivity contribution in [3.63, 3.8) is 0 Å². The summed E-state index contributed by atoms with van der Waals surface area (Å²) in [6.07, 6.45) is 0. The third-order valence-corrected chi connectivity index (χ3v) is 2.38. The van der Waals surface area contributed by atoms with Crippen molar-refractivity contribution < 1.29 is 0 Å². The summed E-state index contributed by atoms with van der Waals surface area (Å²) in [5.74, 6) is 1.69. The van der Waals surface area contributed by atoms with E-state index in [1.807, 2.05) is 47.0 Å². The summed E-state index contributed by atoms with van der Waals surface area (Å²) in [7, 11) is 3.72. The molecule has 3 N–H and O–H groups in total. The van der Waals surface area contributed by atoms with Crippen molar-refractivity contribution in [1.29, 1.82) is 0 Å². The Morgan fingerprint density at radius 1 is 1.16 bits per heavy atom. The lowest BCUT2D eigenvalue weighted by Crippen LogP contribution is -2.00. The van der Waals surface area contributed by atoms with Gasteiger partial charge in [0.15, 0.2) is 0 Å². The van der Waals surface area contributed by atoms with Crippen LogP contribution in [0.5, 0.6) is 0 Å². The van der Waals surface area contributed by atoms with Gasteiger partial charge in [-0.05, 0) is 20.8 Å². The van der Waals surface area contributed by atoms with Gasteiger partial charge in [0, 0.05) is 31.9 Å². The van der Waals surface area contributed by atoms with E-state index in [1.54, 1.807) is 9.36 Å². The van der Waals surface area contributed by atoms with Gasteiger partial charge in [0.25, 0.3) is 0 Å². The molecule has 2 heterocycles. The first-order valence-corrected chi connectivity index (χ1v) is 5.99. The molecule has 0 atom stereocenters. The molecule has 19 heavy (non-hydrogen) atoms. The Bertz CT molecular complexity index is 544. The molecule has 104 valence electrons. The highest BCUT2D eigenvalue weighted by atomic mass is 15.3. The Kier molecular flexibility index (Phi) is 4.74. The van der Waals surface area contributed by atoms with Crippen LogP contribution >= 0.6 is 0 Å². The maximum Gasteiger partial charge on any atom is 0.128 e. The van der Waals surface area contributed by atoms with Gasteiger partial charge in [-0.15, -0.1) is 0 Å². The van der Waals surface area contributed by atoms with E-state index >= 15 is 0 Å². The Morgan fingerprint density at radius 3 is 1.95 bits per heavy atom. The molecular formula is C13H22N6. The summed E-state index contributed by atoms with van der Waals surface area (Å²) in [6, 6.07) is 3.81. The first kappa shape index (κ1) is 14.8. The van der Waals surface area contributed by atoms with Crippen molar-refractivity contribution in [3.05, 3.63) is 35.8 Å². The quantitative estimate of drug-likeness (QED) is 0.868. The number of nitrogen functional groups attached to an aromatic ring is 1. The molecule has 6 nitrogen and oxygen atoms in total. The van der Waals surface area contributed by atoms with Crippen LogP contribution in [0, 0.1) is 13.8 Å².